The van der Waals surface area contributed by atoms with E-state index >= 15 is 0 Å². The highest BCUT2D eigenvalue weighted by Crippen LogP contribution is 2.33. The van der Waals surface area contributed by atoms with Crippen molar-refractivity contribution in [1.29, 1.82) is 0 Å². The van der Waals surface area contributed by atoms with Crippen LogP contribution in [-0.2, 0) is 21.4 Å². The van der Waals surface area contributed by atoms with Crippen molar-refractivity contribution in [3.05, 3.63) is 52.5 Å². The smallest absolute Gasteiger partial charge is 0.293 e. The standard InChI is InChI=1S/C21H29N5O6S/c1-24(2)12-9-23-33(30,31)18-5-6-19(20(14-18)26(28)29)25-10-7-16(8-11-25)21(27)22-15-17-4-3-13-32-17/h3-6,13-14,16,23H,7-12,15H2,1-2H3,(H,22,27). The summed E-state index contributed by atoms with van der Waals surface area (Å²) >= 11 is 0. The molecule has 1 aliphatic heterocycles. The van der Waals surface area contributed by atoms with Crippen molar-refractivity contribution in [2.24, 2.45) is 5.92 Å². The molecule has 3 rings (SSSR count). The molecule has 1 fully saturated rings. The van der Waals surface area contributed by atoms with Gasteiger partial charge in [0.25, 0.3) is 5.69 Å². The lowest BCUT2D eigenvalue weighted by molar-refractivity contribution is -0.384. The van der Waals surface area contributed by atoms with Gasteiger partial charge < -0.3 is 19.5 Å². The summed E-state index contributed by atoms with van der Waals surface area (Å²) in [5, 5.41) is 14.6. The van der Waals surface area contributed by atoms with E-state index in [9.17, 15) is 23.3 Å². The maximum absolute atomic E-state index is 12.5. The van der Waals surface area contributed by atoms with Crippen LogP contribution in [0.25, 0.3) is 0 Å². The number of piperidine rings is 1. The van der Waals surface area contributed by atoms with Crippen LogP contribution in [0, 0.1) is 16.0 Å². The van der Waals surface area contributed by atoms with Gasteiger partial charge in [0.2, 0.25) is 15.9 Å². The van der Waals surface area contributed by atoms with Crippen LogP contribution >= 0.6 is 0 Å². The van der Waals surface area contributed by atoms with Gasteiger partial charge in [-0.2, -0.15) is 0 Å². The monoisotopic (exact) mass is 479 g/mol. The summed E-state index contributed by atoms with van der Waals surface area (Å²) in [6, 6.07) is 7.47. The minimum absolute atomic E-state index is 0.0780. The van der Waals surface area contributed by atoms with Gasteiger partial charge in [0.15, 0.2) is 0 Å². The van der Waals surface area contributed by atoms with Crippen LogP contribution in [0.4, 0.5) is 11.4 Å². The number of nitrogens with one attached hydrogen (secondary N) is 2. The van der Waals surface area contributed by atoms with Gasteiger partial charge in [0.1, 0.15) is 11.4 Å². The number of furan rings is 1. The van der Waals surface area contributed by atoms with E-state index in [1.54, 1.807) is 18.4 Å². The predicted molar refractivity (Wildman–Crippen MR) is 122 cm³/mol. The molecule has 0 bridgehead atoms. The number of carbonyl (C=O) groups is 1. The predicted octanol–water partition coefficient (Wildman–Crippen LogP) is 1.56. The first-order valence-electron chi connectivity index (χ1n) is 10.7. The number of anilines is 1. The number of rotatable bonds is 10. The van der Waals surface area contributed by atoms with Crippen LogP contribution in [0.2, 0.25) is 0 Å². The van der Waals surface area contributed by atoms with E-state index in [4.69, 9.17) is 4.42 Å². The van der Waals surface area contributed by atoms with Crippen molar-refractivity contribution < 1.29 is 22.6 Å². The fourth-order valence-electron chi connectivity index (χ4n) is 3.69. The van der Waals surface area contributed by atoms with Gasteiger partial charge in [-0.1, -0.05) is 0 Å². The number of hydrogen-bond acceptors (Lipinski definition) is 8. The first-order valence-corrected chi connectivity index (χ1v) is 12.1. The highest BCUT2D eigenvalue weighted by Gasteiger charge is 2.29. The summed E-state index contributed by atoms with van der Waals surface area (Å²) in [6.07, 6.45) is 2.61. The Kier molecular flexibility index (Phi) is 8.06. The van der Waals surface area contributed by atoms with Crippen LogP contribution in [0.15, 0.2) is 45.9 Å². The van der Waals surface area contributed by atoms with E-state index < -0.39 is 14.9 Å². The average molecular weight is 480 g/mol. The maximum Gasteiger partial charge on any atom is 0.293 e. The second-order valence-electron chi connectivity index (χ2n) is 8.17. The zero-order valence-corrected chi connectivity index (χ0v) is 19.5. The number of carbonyl (C=O) groups excluding carboxylic acids is 1. The van der Waals surface area contributed by atoms with Crippen LogP contribution < -0.4 is 14.9 Å². The molecule has 1 aromatic heterocycles. The number of sulfonamides is 1. The van der Waals surface area contributed by atoms with Crippen LogP contribution in [0.1, 0.15) is 18.6 Å². The molecule has 11 nitrogen and oxygen atoms in total. The van der Waals surface area contributed by atoms with E-state index in [0.29, 0.717) is 50.5 Å². The van der Waals surface area contributed by atoms with Gasteiger partial charge in [-0.15, -0.1) is 0 Å². The van der Waals surface area contributed by atoms with Gasteiger partial charge in [-0.25, -0.2) is 13.1 Å². The topological polar surface area (TPSA) is 138 Å². The number of amides is 1. The molecule has 33 heavy (non-hydrogen) atoms. The molecule has 0 atom stereocenters. The Hall–Kier alpha value is -2.96. The Labute approximate surface area is 192 Å². The lowest BCUT2D eigenvalue weighted by Gasteiger charge is -2.32. The molecular formula is C21H29N5O6S. The summed E-state index contributed by atoms with van der Waals surface area (Å²) in [5.41, 5.74) is 0.0768. The quantitative estimate of drug-likeness (QED) is 0.387. The zero-order chi connectivity index (χ0) is 24.0. The van der Waals surface area contributed by atoms with E-state index in [0.717, 1.165) is 6.07 Å². The Bertz CT molecular complexity index is 1060. The second kappa shape index (κ2) is 10.8. The first kappa shape index (κ1) is 24.7. The summed E-state index contributed by atoms with van der Waals surface area (Å²) in [5.74, 6) is 0.393. The Morgan fingerprint density at radius 2 is 2.00 bits per heavy atom. The summed E-state index contributed by atoms with van der Waals surface area (Å²) in [6.45, 7) is 1.92. The SMILES string of the molecule is CN(C)CCNS(=O)(=O)c1ccc(N2CCC(C(=O)NCc3ccco3)CC2)c([N+](=O)[O-])c1. The number of hydrogen-bond donors (Lipinski definition) is 2. The van der Waals surface area contributed by atoms with Gasteiger partial charge in [0, 0.05) is 38.2 Å². The average Bonchev–Trinajstić information content (AvgIpc) is 3.30. The first-order chi connectivity index (χ1) is 15.7. The van der Waals surface area contributed by atoms with Gasteiger partial charge in [0.05, 0.1) is 22.6 Å². The number of nitro benzene ring substituents is 1. The number of benzene rings is 1. The van der Waals surface area contributed by atoms with Crippen LogP contribution in [0.5, 0.6) is 0 Å². The largest absolute Gasteiger partial charge is 0.467 e. The van der Waals surface area contributed by atoms with E-state index in [-0.39, 0.29) is 29.0 Å². The molecule has 1 saturated heterocycles. The van der Waals surface area contributed by atoms with Crippen molar-refractivity contribution in [3.63, 3.8) is 0 Å². The molecule has 0 aliphatic carbocycles. The summed E-state index contributed by atoms with van der Waals surface area (Å²) < 4.78 is 32.7. The van der Waals surface area contributed by atoms with Crippen molar-refractivity contribution in [1.82, 2.24) is 14.9 Å². The van der Waals surface area contributed by atoms with E-state index in [1.165, 1.54) is 12.1 Å². The molecule has 1 aromatic carbocycles. The third-order valence-electron chi connectivity index (χ3n) is 5.53. The molecule has 0 saturated carbocycles. The molecular weight excluding hydrogens is 450 g/mol. The molecule has 0 unspecified atom stereocenters. The Morgan fingerprint density at radius 1 is 1.27 bits per heavy atom. The number of nitro groups is 1. The molecule has 1 aliphatic rings. The molecule has 12 heteroatoms. The Balaban J connectivity index is 1.64. The molecule has 2 N–H and O–H groups in total. The van der Waals surface area contributed by atoms with E-state index in [2.05, 4.69) is 10.0 Å². The summed E-state index contributed by atoms with van der Waals surface area (Å²) in [4.78, 5) is 27.1. The minimum atomic E-state index is -3.86. The fourth-order valence-corrected chi connectivity index (χ4v) is 4.73. The van der Waals surface area contributed by atoms with E-state index in [1.807, 2.05) is 23.9 Å². The lowest BCUT2D eigenvalue weighted by atomic mass is 9.95. The fraction of sp³-hybridized carbons (Fsp3) is 0.476. The van der Waals surface area contributed by atoms with Gasteiger partial charge in [-0.3, -0.25) is 14.9 Å². The summed E-state index contributed by atoms with van der Waals surface area (Å²) in [7, 11) is -0.226. The second-order valence-corrected chi connectivity index (χ2v) is 9.93. The molecule has 0 radical (unpaired) electrons. The molecule has 180 valence electrons. The maximum atomic E-state index is 12.5. The zero-order valence-electron chi connectivity index (χ0n) is 18.7. The highest BCUT2D eigenvalue weighted by atomic mass is 32.2. The number of nitrogens with zero attached hydrogens (tertiary/aromatic N) is 3. The van der Waals surface area contributed by atoms with Crippen LogP contribution in [0.3, 0.4) is 0 Å². The third kappa shape index (κ3) is 6.53. The number of likely N-dealkylation sites (N-methyl/N-ethyl adjacent to an activating group) is 1. The lowest BCUT2D eigenvalue weighted by Crippen LogP contribution is -2.40. The third-order valence-corrected chi connectivity index (χ3v) is 6.99. The molecule has 2 heterocycles. The van der Waals surface area contributed by atoms with Crippen molar-refractivity contribution in [3.8, 4) is 0 Å². The Morgan fingerprint density at radius 3 is 2.61 bits per heavy atom. The van der Waals surface area contributed by atoms with Crippen molar-refractivity contribution in [2.45, 2.75) is 24.3 Å². The van der Waals surface area contributed by atoms with Crippen molar-refractivity contribution >= 4 is 27.3 Å². The minimum Gasteiger partial charge on any atom is -0.467 e. The van der Waals surface area contributed by atoms with Gasteiger partial charge in [-0.05, 0) is 51.2 Å². The molecule has 0 spiro atoms. The van der Waals surface area contributed by atoms with Crippen LogP contribution in [-0.4, -0.2) is 64.4 Å². The van der Waals surface area contributed by atoms with Gasteiger partial charge >= 0.3 is 0 Å². The highest BCUT2D eigenvalue weighted by molar-refractivity contribution is 7.89. The van der Waals surface area contributed by atoms with Crippen molar-refractivity contribution in [2.75, 3.05) is 45.2 Å². The molecule has 2 aromatic rings. The normalized spacial score (nSPS) is 15.1. The molecule has 1 amide bonds.